The Kier molecular flexibility index (Phi) is 10.3. The minimum atomic E-state index is -0.405. The van der Waals surface area contributed by atoms with Crippen molar-refractivity contribution in [2.75, 3.05) is 51.3 Å². The third-order valence-corrected chi connectivity index (χ3v) is 3.56. The minimum absolute atomic E-state index is 0. The highest BCUT2D eigenvalue weighted by Crippen LogP contribution is 2.08. The zero-order valence-electron chi connectivity index (χ0n) is 14.0. The van der Waals surface area contributed by atoms with E-state index in [0.717, 1.165) is 39.3 Å². The van der Waals surface area contributed by atoms with E-state index in [1.165, 1.54) is 18.2 Å². The van der Waals surface area contributed by atoms with E-state index in [1.807, 2.05) is 0 Å². The van der Waals surface area contributed by atoms with Crippen molar-refractivity contribution < 1.29 is 13.9 Å². The standard InChI is InChI=1S/C16H24FN5O2.HI/c17-13-3-1-4-14(11-13)21-15(23)12-20-16(18)19-5-2-6-22-7-9-24-10-8-22;/h1,3-4,11H,2,5-10,12H2,(H,21,23)(H3,18,19,20);1H. The molecule has 1 aliphatic heterocycles. The Morgan fingerprint density at radius 1 is 1.36 bits per heavy atom. The van der Waals surface area contributed by atoms with Gasteiger partial charge in [0.25, 0.3) is 0 Å². The van der Waals surface area contributed by atoms with Crippen molar-refractivity contribution in [1.29, 1.82) is 0 Å². The number of halogens is 2. The quantitative estimate of drug-likeness (QED) is 0.242. The molecular formula is C16H25FIN5O2. The van der Waals surface area contributed by atoms with Gasteiger partial charge >= 0.3 is 0 Å². The number of carbonyl (C=O) groups is 1. The Balaban J connectivity index is 0.00000312. The van der Waals surface area contributed by atoms with Crippen LogP contribution in [0.4, 0.5) is 10.1 Å². The van der Waals surface area contributed by atoms with Crippen molar-refractivity contribution in [2.45, 2.75) is 6.42 Å². The van der Waals surface area contributed by atoms with Crippen molar-refractivity contribution >= 4 is 41.5 Å². The van der Waals surface area contributed by atoms with Crippen molar-refractivity contribution in [2.24, 2.45) is 10.7 Å². The molecule has 2 rings (SSSR count). The number of hydrogen-bond acceptors (Lipinski definition) is 4. The van der Waals surface area contributed by atoms with Gasteiger partial charge in [-0.15, -0.1) is 24.0 Å². The zero-order valence-corrected chi connectivity index (χ0v) is 16.4. The van der Waals surface area contributed by atoms with Crippen LogP contribution in [0.1, 0.15) is 6.42 Å². The molecule has 7 nitrogen and oxygen atoms in total. The van der Waals surface area contributed by atoms with Gasteiger partial charge in [-0.1, -0.05) is 6.07 Å². The largest absolute Gasteiger partial charge is 0.379 e. The maximum atomic E-state index is 13.0. The molecule has 0 aliphatic carbocycles. The van der Waals surface area contributed by atoms with E-state index in [-0.39, 0.29) is 42.4 Å². The van der Waals surface area contributed by atoms with Crippen LogP contribution in [0.25, 0.3) is 0 Å². The Labute approximate surface area is 164 Å². The molecule has 1 aromatic rings. The van der Waals surface area contributed by atoms with Crippen LogP contribution in [0, 0.1) is 5.82 Å². The van der Waals surface area contributed by atoms with Crippen LogP contribution in [0.15, 0.2) is 29.3 Å². The Morgan fingerprint density at radius 2 is 2.12 bits per heavy atom. The summed E-state index contributed by atoms with van der Waals surface area (Å²) in [6.07, 6.45) is 0.936. The highest BCUT2D eigenvalue weighted by molar-refractivity contribution is 14.0. The topological polar surface area (TPSA) is 92.0 Å². The van der Waals surface area contributed by atoms with Gasteiger partial charge in [0.05, 0.1) is 13.2 Å². The molecule has 0 aromatic heterocycles. The molecule has 1 saturated heterocycles. The number of carbonyl (C=O) groups excluding carboxylic acids is 1. The van der Waals surface area contributed by atoms with Gasteiger partial charge in [-0.2, -0.15) is 0 Å². The van der Waals surface area contributed by atoms with E-state index >= 15 is 0 Å². The van der Waals surface area contributed by atoms with Crippen molar-refractivity contribution in [3.05, 3.63) is 30.1 Å². The number of rotatable bonds is 7. The summed E-state index contributed by atoms with van der Waals surface area (Å²) in [4.78, 5) is 18.0. The molecule has 25 heavy (non-hydrogen) atoms. The molecule has 0 atom stereocenters. The van der Waals surface area contributed by atoms with Gasteiger partial charge in [-0.05, 0) is 31.2 Å². The number of guanidine groups is 1. The third kappa shape index (κ3) is 8.98. The number of morpholine rings is 1. The molecule has 0 saturated carbocycles. The minimum Gasteiger partial charge on any atom is -0.379 e. The van der Waals surface area contributed by atoms with Crippen LogP contribution in [-0.4, -0.2) is 62.7 Å². The monoisotopic (exact) mass is 465 g/mol. The van der Waals surface area contributed by atoms with Crippen molar-refractivity contribution in [3.63, 3.8) is 0 Å². The van der Waals surface area contributed by atoms with Crippen LogP contribution >= 0.6 is 24.0 Å². The number of benzene rings is 1. The summed E-state index contributed by atoms with van der Waals surface area (Å²) in [5.41, 5.74) is 6.12. The number of nitrogens with zero attached hydrogens (tertiary/aromatic N) is 2. The number of amides is 1. The summed E-state index contributed by atoms with van der Waals surface area (Å²) < 4.78 is 18.3. The Bertz CT molecular complexity index is 567. The summed E-state index contributed by atoms with van der Waals surface area (Å²) in [6.45, 7) is 5.06. The number of nitrogens with two attached hydrogens (primary N) is 1. The molecule has 0 bridgehead atoms. The lowest BCUT2D eigenvalue weighted by molar-refractivity contribution is -0.114. The van der Waals surface area contributed by atoms with E-state index in [0.29, 0.717) is 12.2 Å². The molecule has 1 aliphatic rings. The Morgan fingerprint density at radius 3 is 2.84 bits per heavy atom. The van der Waals surface area contributed by atoms with Crippen LogP contribution in [0.2, 0.25) is 0 Å². The molecule has 1 heterocycles. The first-order valence-electron chi connectivity index (χ1n) is 8.03. The fourth-order valence-electron chi connectivity index (χ4n) is 2.32. The van der Waals surface area contributed by atoms with Crippen LogP contribution < -0.4 is 16.4 Å². The molecule has 0 radical (unpaired) electrons. The summed E-state index contributed by atoms with van der Waals surface area (Å²) in [7, 11) is 0. The van der Waals surface area contributed by atoms with Gasteiger partial charge in [-0.25, -0.2) is 9.38 Å². The van der Waals surface area contributed by atoms with Gasteiger partial charge in [-0.3, -0.25) is 9.69 Å². The van der Waals surface area contributed by atoms with E-state index in [2.05, 4.69) is 20.5 Å². The molecule has 0 spiro atoms. The fourth-order valence-corrected chi connectivity index (χ4v) is 2.32. The third-order valence-electron chi connectivity index (χ3n) is 3.56. The average Bonchev–Trinajstić information content (AvgIpc) is 2.58. The number of nitrogens with one attached hydrogen (secondary N) is 2. The second-order valence-electron chi connectivity index (χ2n) is 5.49. The predicted molar refractivity (Wildman–Crippen MR) is 107 cm³/mol. The molecule has 0 unspecified atom stereocenters. The fraction of sp³-hybridized carbons (Fsp3) is 0.500. The molecule has 1 aromatic carbocycles. The summed E-state index contributed by atoms with van der Waals surface area (Å²) in [5, 5.41) is 5.54. The number of ether oxygens (including phenoxy) is 1. The van der Waals surface area contributed by atoms with Gasteiger partial charge in [0.1, 0.15) is 12.4 Å². The maximum absolute atomic E-state index is 13.0. The predicted octanol–water partition coefficient (Wildman–Crippen LogP) is 1.01. The van der Waals surface area contributed by atoms with Crippen LogP contribution in [0.5, 0.6) is 0 Å². The van der Waals surface area contributed by atoms with Crippen LogP contribution in [-0.2, 0) is 9.53 Å². The van der Waals surface area contributed by atoms with Gasteiger partial charge < -0.3 is 21.1 Å². The first kappa shape index (κ1) is 21.6. The first-order chi connectivity index (χ1) is 11.6. The lowest BCUT2D eigenvalue weighted by atomic mass is 10.3. The lowest BCUT2D eigenvalue weighted by Gasteiger charge is -2.26. The van der Waals surface area contributed by atoms with Crippen molar-refractivity contribution in [1.82, 2.24) is 10.2 Å². The molecule has 9 heteroatoms. The molecule has 1 fully saturated rings. The number of hydrogen-bond donors (Lipinski definition) is 3. The SMILES string of the molecule is I.NC(=NCC(=O)Nc1cccc(F)c1)NCCCN1CCOCC1. The summed E-state index contributed by atoms with van der Waals surface area (Å²) in [5.74, 6) is -0.525. The highest BCUT2D eigenvalue weighted by atomic mass is 127. The van der Waals surface area contributed by atoms with E-state index in [9.17, 15) is 9.18 Å². The maximum Gasteiger partial charge on any atom is 0.246 e. The molecular weight excluding hydrogens is 440 g/mol. The number of anilines is 1. The van der Waals surface area contributed by atoms with E-state index < -0.39 is 5.82 Å². The second kappa shape index (κ2) is 12.0. The summed E-state index contributed by atoms with van der Waals surface area (Å²) >= 11 is 0. The van der Waals surface area contributed by atoms with Gasteiger partial charge in [0.15, 0.2) is 5.96 Å². The molecule has 4 N–H and O–H groups in total. The van der Waals surface area contributed by atoms with Crippen molar-refractivity contribution in [3.8, 4) is 0 Å². The first-order valence-corrected chi connectivity index (χ1v) is 8.03. The van der Waals surface area contributed by atoms with Gasteiger partial charge in [0, 0.05) is 25.3 Å². The normalized spacial score (nSPS) is 15.3. The van der Waals surface area contributed by atoms with E-state index in [1.54, 1.807) is 6.07 Å². The van der Waals surface area contributed by atoms with E-state index in [4.69, 9.17) is 10.5 Å². The zero-order chi connectivity index (χ0) is 17.2. The Hall–Kier alpha value is -1.46. The number of aliphatic imine (C=N–C) groups is 1. The molecule has 140 valence electrons. The molecule has 1 amide bonds. The van der Waals surface area contributed by atoms with Gasteiger partial charge in [0.2, 0.25) is 5.91 Å². The van der Waals surface area contributed by atoms with Crippen LogP contribution in [0.3, 0.4) is 0 Å². The lowest BCUT2D eigenvalue weighted by Crippen LogP contribution is -2.39. The smallest absolute Gasteiger partial charge is 0.246 e. The average molecular weight is 465 g/mol. The highest BCUT2D eigenvalue weighted by Gasteiger charge is 2.09. The summed E-state index contributed by atoms with van der Waals surface area (Å²) in [6, 6.07) is 5.69. The second-order valence-corrected chi connectivity index (χ2v) is 5.49.